The second kappa shape index (κ2) is 6.90. The molecule has 0 bridgehead atoms. The van der Waals surface area contributed by atoms with E-state index in [1.54, 1.807) is 24.3 Å². The zero-order chi connectivity index (χ0) is 16.3. The van der Waals surface area contributed by atoms with Crippen LogP contribution in [-0.2, 0) is 16.4 Å². The Morgan fingerprint density at radius 2 is 1.70 bits per heavy atom. The number of sulfonamides is 1. The monoisotopic (exact) mass is 397 g/mol. The molecule has 122 valence electrons. The van der Waals surface area contributed by atoms with Crippen LogP contribution in [0.4, 0.5) is 0 Å². The molecule has 23 heavy (non-hydrogen) atoms. The Morgan fingerprint density at radius 3 is 2.43 bits per heavy atom. The Morgan fingerprint density at radius 1 is 1.00 bits per heavy atom. The molecule has 1 aliphatic heterocycles. The summed E-state index contributed by atoms with van der Waals surface area (Å²) >= 11 is 3.29. The number of nitrogens with one attached hydrogen (secondary N) is 1. The van der Waals surface area contributed by atoms with Gasteiger partial charge in [0, 0.05) is 11.0 Å². The molecule has 5 nitrogen and oxygen atoms in total. The van der Waals surface area contributed by atoms with Crippen molar-refractivity contribution in [2.45, 2.75) is 11.3 Å². The maximum Gasteiger partial charge on any atom is 0.240 e. The van der Waals surface area contributed by atoms with Crippen molar-refractivity contribution >= 4 is 26.0 Å². The summed E-state index contributed by atoms with van der Waals surface area (Å²) in [7, 11) is -3.49. The highest BCUT2D eigenvalue weighted by Crippen LogP contribution is 2.30. The number of rotatable bonds is 5. The van der Waals surface area contributed by atoms with E-state index in [-0.39, 0.29) is 4.90 Å². The first kappa shape index (κ1) is 16.3. The molecular weight excluding hydrogens is 382 g/mol. The Labute approximate surface area is 143 Å². The number of hydrogen-bond acceptors (Lipinski definition) is 4. The van der Waals surface area contributed by atoms with E-state index < -0.39 is 10.0 Å². The van der Waals surface area contributed by atoms with Gasteiger partial charge in [0.15, 0.2) is 11.5 Å². The molecule has 2 aromatic rings. The molecule has 0 spiro atoms. The van der Waals surface area contributed by atoms with E-state index in [9.17, 15) is 8.42 Å². The second-order valence-electron chi connectivity index (χ2n) is 5.08. The number of benzene rings is 2. The van der Waals surface area contributed by atoms with Gasteiger partial charge in [-0.25, -0.2) is 13.1 Å². The summed E-state index contributed by atoms with van der Waals surface area (Å²) < 4.78 is 38.8. The number of halogens is 1. The summed E-state index contributed by atoms with van der Waals surface area (Å²) in [4.78, 5) is 0.253. The van der Waals surface area contributed by atoms with Crippen LogP contribution in [0.3, 0.4) is 0 Å². The van der Waals surface area contributed by atoms with Gasteiger partial charge in [-0.3, -0.25) is 0 Å². The predicted molar refractivity (Wildman–Crippen MR) is 90.5 cm³/mol. The van der Waals surface area contributed by atoms with Gasteiger partial charge in [0.25, 0.3) is 0 Å². The molecule has 0 aliphatic carbocycles. The van der Waals surface area contributed by atoms with Crippen LogP contribution in [0.15, 0.2) is 51.8 Å². The van der Waals surface area contributed by atoms with Gasteiger partial charge in [0.2, 0.25) is 10.0 Å². The van der Waals surface area contributed by atoms with Crippen LogP contribution in [0, 0.1) is 0 Å². The summed E-state index contributed by atoms with van der Waals surface area (Å²) in [5.41, 5.74) is 0.993. The van der Waals surface area contributed by atoms with E-state index in [4.69, 9.17) is 9.47 Å². The van der Waals surface area contributed by atoms with E-state index in [0.717, 1.165) is 15.8 Å². The van der Waals surface area contributed by atoms with Gasteiger partial charge in [-0.05, 0) is 48.4 Å². The summed E-state index contributed by atoms with van der Waals surface area (Å²) in [5, 5.41) is 0. The maximum atomic E-state index is 12.2. The topological polar surface area (TPSA) is 64.6 Å². The van der Waals surface area contributed by atoms with Crippen molar-refractivity contribution in [1.29, 1.82) is 0 Å². The molecule has 1 aliphatic rings. The fraction of sp³-hybridized carbons (Fsp3) is 0.250. The summed E-state index contributed by atoms with van der Waals surface area (Å²) in [6.07, 6.45) is 0.576. The summed E-state index contributed by atoms with van der Waals surface area (Å²) in [6, 6.07) is 12.2. The third-order valence-corrected chi connectivity index (χ3v) is 5.44. The highest BCUT2D eigenvalue weighted by molar-refractivity contribution is 9.10. The minimum Gasteiger partial charge on any atom is -0.486 e. The van der Waals surface area contributed by atoms with Crippen LogP contribution >= 0.6 is 15.9 Å². The highest BCUT2D eigenvalue weighted by atomic mass is 79.9. The minimum absolute atomic E-state index is 0.253. The van der Waals surface area contributed by atoms with Crippen LogP contribution in [0.1, 0.15) is 5.56 Å². The maximum absolute atomic E-state index is 12.2. The quantitative estimate of drug-likeness (QED) is 0.842. The van der Waals surface area contributed by atoms with Crippen molar-refractivity contribution in [3.63, 3.8) is 0 Å². The molecule has 7 heteroatoms. The average molecular weight is 398 g/mol. The van der Waals surface area contributed by atoms with Gasteiger partial charge in [0.1, 0.15) is 13.2 Å². The molecular formula is C16H16BrNO4S. The van der Waals surface area contributed by atoms with Gasteiger partial charge in [0.05, 0.1) is 4.90 Å². The lowest BCUT2D eigenvalue weighted by Gasteiger charge is -2.18. The van der Waals surface area contributed by atoms with E-state index in [1.807, 2.05) is 18.2 Å². The van der Waals surface area contributed by atoms with Crippen molar-refractivity contribution in [1.82, 2.24) is 4.72 Å². The number of ether oxygens (including phenoxy) is 2. The van der Waals surface area contributed by atoms with Crippen LogP contribution in [0.5, 0.6) is 11.5 Å². The average Bonchev–Trinajstić information content (AvgIpc) is 2.55. The van der Waals surface area contributed by atoms with Crippen LogP contribution in [0.25, 0.3) is 0 Å². The fourth-order valence-corrected chi connectivity index (χ4v) is 3.57. The standard InChI is InChI=1S/C16H16BrNO4S/c17-13-2-4-14(5-3-13)23(19,20)18-8-7-12-1-6-15-16(11-12)22-10-9-21-15/h1-6,11,18H,7-10H2. The molecule has 0 amide bonds. The molecule has 3 rings (SSSR count). The first-order valence-corrected chi connectivity index (χ1v) is 9.46. The smallest absolute Gasteiger partial charge is 0.240 e. The fourth-order valence-electron chi connectivity index (χ4n) is 2.27. The number of hydrogen-bond donors (Lipinski definition) is 1. The molecule has 1 N–H and O–H groups in total. The van der Waals surface area contributed by atoms with Gasteiger partial charge < -0.3 is 9.47 Å². The van der Waals surface area contributed by atoms with Gasteiger partial charge in [-0.1, -0.05) is 22.0 Å². The normalized spacial score (nSPS) is 13.8. The zero-order valence-electron chi connectivity index (χ0n) is 12.3. The van der Waals surface area contributed by atoms with Crippen LogP contribution < -0.4 is 14.2 Å². The molecule has 0 aromatic heterocycles. The first-order valence-electron chi connectivity index (χ1n) is 7.18. The Hall–Kier alpha value is -1.57. The molecule has 0 saturated carbocycles. The van der Waals surface area contributed by atoms with Crippen molar-refractivity contribution in [3.8, 4) is 11.5 Å². The van der Waals surface area contributed by atoms with Gasteiger partial charge in [-0.2, -0.15) is 0 Å². The van der Waals surface area contributed by atoms with E-state index in [1.165, 1.54) is 0 Å². The molecule has 0 unspecified atom stereocenters. The van der Waals surface area contributed by atoms with Crippen LogP contribution in [-0.4, -0.2) is 28.2 Å². The third-order valence-electron chi connectivity index (χ3n) is 3.44. The molecule has 1 heterocycles. The Kier molecular flexibility index (Phi) is 4.89. The molecule has 0 radical (unpaired) electrons. The van der Waals surface area contributed by atoms with Crippen LogP contribution in [0.2, 0.25) is 0 Å². The van der Waals surface area contributed by atoms with Crippen molar-refractivity contribution < 1.29 is 17.9 Å². The minimum atomic E-state index is -3.49. The lowest BCUT2D eigenvalue weighted by atomic mass is 10.1. The van der Waals surface area contributed by atoms with Crippen molar-refractivity contribution in [2.75, 3.05) is 19.8 Å². The lowest BCUT2D eigenvalue weighted by molar-refractivity contribution is 0.171. The summed E-state index contributed by atoms with van der Waals surface area (Å²) in [6.45, 7) is 1.41. The first-order chi connectivity index (χ1) is 11.0. The van der Waals surface area contributed by atoms with E-state index in [2.05, 4.69) is 20.7 Å². The number of fused-ring (bicyclic) bond motifs is 1. The van der Waals surface area contributed by atoms with Gasteiger partial charge in [-0.15, -0.1) is 0 Å². The molecule has 0 fully saturated rings. The highest BCUT2D eigenvalue weighted by Gasteiger charge is 2.14. The Bertz CT molecular complexity index is 790. The molecule has 2 aromatic carbocycles. The predicted octanol–water partition coefficient (Wildman–Crippen LogP) is 2.74. The van der Waals surface area contributed by atoms with E-state index in [0.29, 0.717) is 31.9 Å². The SMILES string of the molecule is O=S(=O)(NCCc1ccc2c(c1)OCCO2)c1ccc(Br)cc1. The summed E-state index contributed by atoms with van der Waals surface area (Å²) in [5.74, 6) is 1.44. The van der Waals surface area contributed by atoms with Gasteiger partial charge >= 0.3 is 0 Å². The Balaban J connectivity index is 1.61. The van der Waals surface area contributed by atoms with Crippen molar-refractivity contribution in [2.24, 2.45) is 0 Å². The largest absolute Gasteiger partial charge is 0.486 e. The lowest BCUT2D eigenvalue weighted by Crippen LogP contribution is -2.26. The molecule has 0 saturated heterocycles. The molecule has 0 atom stereocenters. The zero-order valence-corrected chi connectivity index (χ0v) is 14.7. The third kappa shape index (κ3) is 4.04. The second-order valence-corrected chi connectivity index (χ2v) is 7.76. The van der Waals surface area contributed by atoms with Crippen molar-refractivity contribution in [3.05, 3.63) is 52.5 Å². The van der Waals surface area contributed by atoms with E-state index >= 15 is 0 Å².